The summed E-state index contributed by atoms with van der Waals surface area (Å²) in [5, 5.41) is 28.6. The summed E-state index contributed by atoms with van der Waals surface area (Å²) < 4.78 is 0. The van der Waals surface area contributed by atoms with Crippen molar-refractivity contribution in [3.63, 3.8) is 0 Å². The first-order chi connectivity index (χ1) is 16.0. The van der Waals surface area contributed by atoms with Gasteiger partial charge in [-0.1, -0.05) is 33.3 Å². The number of aliphatic hydroxyl groups excluding tert-OH is 2. The number of nitrogens with two attached hydrogens (primary N) is 3. The highest BCUT2D eigenvalue weighted by Gasteiger charge is 2.27. The fraction of sp³-hybridized carbons (Fsp3) is 0.920. The van der Waals surface area contributed by atoms with Crippen LogP contribution in [-0.4, -0.2) is 58.0 Å². The number of unbranched alkanes of at least 4 members (excludes halogenated alkanes) is 1. The Bertz CT molecular complexity index is 504. The van der Waals surface area contributed by atoms with E-state index < -0.39 is 24.5 Å². The van der Waals surface area contributed by atoms with E-state index in [1.807, 2.05) is 6.08 Å². The van der Waals surface area contributed by atoms with E-state index in [0.29, 0.717) is 35.8 Å². The second-order valence-electron chi connectivity index (χ2n) is 10.0. The third-order valence-electron chi connectivity index (χ3n) is 6.51. The van der Waals surface area contributed by atoms with Crippen molar-refractivity contribution in [2.75, 3.05) is 6.54 Å². The van der Waals surface area contributed by atoms with Crippen molar-refractivity contribution >= 4 is 25.3 Å². The molecule has 0 spiro atoms. The maximum absolute atomic E-state index is 10.9. The monoisotopic (exact) mass is 521 g/mol. The van der Waals surface area contributed by atoms with Crippen molar-refractivity contribution in [2.45, 2.75) is 126 Å². The van der Waals surface area contributed by atoms with Crippen LogP contribution in [-0.2, 0) is 0 Å². The standard InChI is InChI=1S/C25H55N5O2S2/c1-5-19(12-11-18(4)33)16-21(27)24(31)29-22(9-7-8-14-26)25(32)30-23(28)15-17(3)10-13-20(34)6-2/h5,17-25,29-34H,1,6-16,26-28H2,2-4H3. The summed E-state index contributed by atoms with van der Waals surface area (Å²) in [7, 11) is 0. The minimum Gasteiger partial charge on any atom is -0.377 e. The first kappa shape index (κ1) is 34.2. The first-order valence-corrected chi connectivity index (χ1v) is 14.1. The zero-order valence-electron chi connectivity index (χ0n) is 21.8. The maximum Gasteiger partial charge on any atom is 0.121 e. The molecular formula is C25H55N5O2S2. The molecule has 34 heavy (non-hydrogen) atoms. The van der Waals surface area contributed by atoms with Crippen LogP contribution in [0.3, 0.4) is 0 Å². The van der Waals surface area contributed by atoms with Gasteiger partial charge in [0.1, 0.15) is 12.5 Å². The molecule has 0 amide bonds. The Morgan fingerprint density at radius 3 is 2.15 bits per heavy atom. The van der Waals surface area contributed by atoms with Crippen molar-refractivity contribution in [2.24, 2.45) is 29.0 Å². The summed E-state index contributed by atoms with van der Waals surface area (Å²) in [5.74, 6) is 0.633. The van der Waals surface area contributed by atoms with Crippen molar-refractivity contribution in [3.8, 4) is 0 Å². The summed E-state index contributed by atoms with van der Waals surface area (Å²) in [6.07, 6.45) is 8.44. The van der Waals surface area contributed by atoms with Gasteiger partial charge < -0.3 is 27.4 Å². The summed E-state index contributed by atoms with van der Waals surface area (Å²) in [4.78, 5) is 0. The van der Waals surface area contributed by atoms with E-state index in [4.69, 9.17) is 17.2 Å². The number of rotatable bonds is 22. The number of aliphatic hydroxyl groups is 2. The molecule has 9 unspecified atom stereocenters. The molecule has 0 rings (SSSR count). The lowest BCUT2D eigenvalue weighted by atomic mass is 9.93. The summed E-state index contributed by atoms with van der Waals surface area (Å²) in [6, 6.07) is -0.876. The fourth-order valence-electron chi connectivity index (χ4n) is 4.09. The molecule has 9 atom stereocenters. The summed E-state index contributed by atoms with van der Waals surface area (Å²) in [6.45, 7) is 10.9. The third-order valence-corrected chi connectivity index (χ3v) is 7.39. The van der Waals surface area contributed by atoms with Crippen LogP contribution in [0.15, 0.2) is 12.7 Å². The van der Waals surface area contributed by atoms with Crippen molar-refractivity contribution in [3.05, 3.63) is 12.7 Å². The zero-order chi connectivity index (χ0) is 26.1. The van der Waals surface area contributed by atoms with E-state index in [1.165, 1.54) is 0 Å². The lowest BCUT2D eigenvalue weighted by Gasteiger charge is -2.32. The molecule has 0 saturated carbocycles. The Labute approximate surface area is 220 Å². The highest BCUT2D eigenvalue weighted by Crippen LogP contribution is 2.19. The van der Waals surface area contributed by atoms with Gasteiger partial charge in [0, 0.05) is 17.3 Å². The Morgan fingerprint density at radius 2 is 1.59 bits per heavy atom. The SMILES string of the molecule is C=CC(CCC(C)S)CC(N)C(O)NC(CCCCN)C(O)NC(N)CC(C)CCC(S)CC. The topological polar surface area (TPSA) is 143 Å². The number of hydrogen-bond acceptors (Lipinski definition) is 9. The third kappa shape index (κ3) is 16.8. The molecule has 10 N–H and O–H groups in total. The van der Waals surface area contributed by atoms with Crippen LogP contribution in [0.25, 0.3) is 0 Å². The average molecular weight is 522 g/mol. The van der Waals surface area contributed by atoms with Gasteiger partial charge in [0.25, 0.3) is 0 Å². The zero-order valence-corrected chi connectivity index (χ0v) is 23.6. The van der Waals surface area contributed by atoms with Gasteiger partial charge >= 0.3 is 0 Å². The van der Waals surface area contributed by atoms with Crippen molar-refractivity contribution < 1.29 is 10.2 Å². The first-order valence-electron chi connectivity index (χ1n) is 13.1. The second-order valence-corrected chi connectivity index (χ2v) is 11.6. The van der Waals surface area contributed by atoms with Crippen molar-refractivity contribution in [1.29, 1.82) is 0 Å². The van der Waals surface area contributed by atoms with Crippen LogP contribution >= 0.6 is 25.3 Å². The molecule has 204 valence electrons. The Morgan fingerprint density at radius 1 is 0.912 bits per heavy atom. The number of thiol groups is 2. The molecule has 9 heteroatoms. The molecule has 0 fully saturated rings. The average Bonchev–Trinajstić information content (AvgIpc) is 2.78. The molecule has 0 bridgehead atoms. The highest BCUT2D eigenvalue weighted by atomic mass is 32.1. The van der Waals surface area contributed by atoms with Crippen LogP contribution in [0, 0.1) is 11.8 Å². The highest BCUT2D eigenvalue weighted by molar-refractivity contribution is 7.81. The molecule has 0 heterocycles. The maximum atomic E-state index is 10.9. The number of hydrogen-bond donors (Lipinski definition) is 9. The van der Waals surface area contributed by atoms with E-state index in [9.17, 15) is 10.2 Å². The molecule has 7 nitrogen and oxygen atoms in total. The molecule has 0 aromatic rings. The lowest BCUT2D eigenvalue weighted by Crippen LogP contribution is -2.59. The van der Waals surface area contributed by atoms with E-state index in [-0.39, 0.29) is 12.1 Å². The molecule has 0 radical (unpaired) electrons. The smallest absolute Gasteiger partial charge is 0.121 e. The molecule has 0 aliphatic carbocycles. The van der Waals surface area contributed by atoms with Gasteiger partial charge in [0.05, 0.1) is 6.17 Å². The number of nitrogens with one attached hydrogen (secondary N) is 2. The Balaban J connectivity index is 4.85. The Kier molecular flexibility index (Phi) is 20.3. The van der Waals surface area contributed by atoms with Crippen molar-refractivity contribution in [1.82, 2.24) is 10.6 Å². The molecular weight excluding hydrogens is 466 g/mol. The molecule has 0 aliphatic heterocycles. The van der Waals surface area contributed by atoms with Gasteiger partial charge in [-0.2, -0.15) is 25.3 Å². The normalized spacial score (nSPS) is 20.1. The largest absolute Gasteiger partial charge is 0.377 e. The summed E-state index contributed by atoms with van der Waals surface area (Å²) >= 11 is 9.01. The minimum absolute atomic E-state index is 0.208. The molecule has 0 aromatic carbocycles. The van der Waals surface area contributed by atoms with Crippen LogP contribution < -0.4 is 27.8 Å². The van der Waals surface area contributed by atoms with Gasteiger partial charge in [-0.15, -0.1) is 6.58 Å². The van der Waals surface area contributed by atoms with Gasteiger partial charge in [-0.05, 0) is 81.4 Å². The predicted octanol–water partition coefficient (Wildman–Crippen LogP) is 2.72. The summed E-state index contributed by atoms with van der Waals surface area (Å²) in [5.41, 5.74) is 18.3. The molecule has 0 aliphatic rings. The number of allylic oxidation sites excluding steroid dienone is 1. The van der Waals surface area contributed by atoms with Crippen LogP contribution in [0.4, 0.5) is 0 Å². The quantitative estimate of drug-likeness (QED) is 0.0461. The van der Waals surface area contributed by atoms with Crippen LogP contribution in [0.5, 0.6) is 0 Å². The van der Waals surface area contributed by atoms with Gasteiger partial charge in [0.2, 0.25) is 0 Å². The van der Waals surface area contributed by atoms with Gasteiger partial charge in [-0.3, -0.25) is 10.6 Å². The predicted molar refractivity (Wildman–Crippen MR) is 153 cm³/mol. The molecule has 0 saturated heterocycles. The van der Waals surface area contributed by atoms with Crippen LogP contribution in [0.1, 0.15) is 85.0 Å². The van der Waals surface area contributed by atoms with Crippen LogP contribution in [0.2, 0.25) is 0 Å². The second kappa shape index (κ2) is 20.2. The van der Waals surface area contributed by atoms with E-state index >= 15 is 0 Å². The van der Waals surface area contributed by atoms with Gasteiger partial charge in [-0.25, -0.2) is 0 Å². The minimum atomic E-state index is -0.952. The van der Waals surface area contributed by atoms with E-state index in [2.05, 4.69) is 63.2 Å². The lowest BCUT2D eigenvalue weighted by molar-refractivity contribution is 0.0235. The van der Waals surface area contributed by atoms with E-state index in [1.54, 1.807) is 0 Å². The fourth-order valence-corrected chi connectivity index (χ4v) is 4.38. The van der Waals surface area contributed by atoms with E-state index in [0.717, 1.165) is 51.4 Å². The van der Waals surface area contributed by atoms with Gasteiger partial charge in [0.15, 0.2) is 0 Å². The Hall–Kier alpha value is 0.160. The molecule has 0 aromatic heterocycles.